The Balaban J connectivity index is 0.000000119. The third-order valence-electron chi connectivity index (χ3n) is 21.1. The van der Waals surface area contributed by atoms with E-state index in [0.29, 0.717) is 13.1 Å². The van der Waals surface area contributed by atoms with Crippen molar-refractivity contribution in [3.63, 3.8) is 0 Å². The summed E-state index contributed by atoms with van der Waals surface area (Å²) >= 11 is 3.57. The second-order valence-electron chi connectivity index (χ2n) is 28.0. The Morgan fingerprint density at radius 3 is 0.728 bits per heavy atom. The number of ether oxygens (including phenoxy) is 5. The van der Waals surface area contributed by atoms with Gasteiger partial charge in [0.15, 0.2) is 0 Å². The van der Waals surface area contributed by atoms with E-state index in [1.54, 1.807) is 0 Å². The molecule has 22 rings (SSSR count). The molecular weight excluding hydrogens is 1460 g/mol. The Morgan fingerprint density at radius 2 is 0.447 bits per heavy atom. The Labute approximate surface area is 673 Å². The SMILES string of the molecule is Brc1ccc2c(c1)-c1ccccc1Oc1ccccc1-2.C.NCc1ccccc1.c1ccc(CN(c2ccc3c(c2)-c2ccccc2Oc2ccccc2-3)c2ccc3c(c2)-c2ccccc2Oc2ccccc2-3)cc1.c1ccc2c(c1)Oc1ccccc1-c1cc(Nc3ccc4c(c3)-c3ccccc3Oc3ccccc3-4)ccc1-2. The van der Waals surface area contributed by atoms with Gasteiger partial charge < -0.3 is 39.6 Å². The highest BCUT2D eigenvalue weighted by Crippen LogP contribution is 2.54. The second-order valence-corrected chi connectivity index (χ2v) is 28.9. The number of anilines is 4. The van der Waals surface area contributed by atoms with Gasteiger partial charge in [-0.1, -0.05) is 296 Å². The molecule has 0 radical (unpaired) electrons. The quantitative estimate of drug-likeness (QED) is 0.163. The molecule has 8 nitrogen and oxygen atoms in total. The minimum atomic E-state index is 0. The van der Waals surface area contributed by atoms with Crippen LogP contribution in [-0.4, -0.2) is 0 Å². The van der Waals surface area contributed by atoms with Crippen LogP contribution in [-0.2, 0) is 13.1 Å². The molecule has 5 aliphatic rings. The Morgan fingerprint density at radius 1 is 0.219 bits per heavy atom. The lowest BCUT2D eigenvalue weighted by Gasteiger charge is -2.27. The van der Waals surface area contributed by atoms with Gasteiger partial charge in [0, 0.05) is 95.9 Å². The Kier molecular flexibility index (Phi) is 19.8. The molecule has 0 fully saturated rings. The van der Waals surface area contributed by atoms with Gasteiger partial charge in [-0.2, -0.15) is 0 Å². The van der Waals surface area contributed by atoms with Gasteiger partial charge in [-0.3, -0.25) is 0 Å². The number of rotatable bonds is 7. The molecule has 0 aliphatic carbocycles. The first-order valence-electron chi connectivity index (χ1n) is 37.9. The maximum Gasteiger partial charge on any atom is 0.135 e. The fraction of sp³-hybridized carbons (Fsp3) is 0.0286. The number of fused-ring (bicyclic) bond motifs is 25. The zero-order valence-electron chi connectivity index (χ0n) is 61.4. The van der Waals surface area contributed by atoms with Crippen LogP contribution in [0.1, 0.15) is 18.6 Å². The van der Waals surface area contributed by atoms with Crippen LogP contribution in [0.2, 0.25) is 0 Å². The van der Waals surface area contributed by atoms with Crippen LogP contribution < -0.4 is 39.6 Å². The molecule has 17 aromatic rings. The first-order valence-corrected chi connectivity index (χ1v) is 38.7. The average molecular weight is 1540 g/mol. The fourth-order valence-corrected chi connectivity index (χ4v) is 16.1. The number of halogens is 1. The maximum atomic E-state index is 6.48. The summed E-state index contributed by atoms with van der Waals surface area (Å²) in [4.78, 5) is 2.41. The molecule has 0 unspecified atom stereocenters. The summed E-state index contributed by atoms with van der Waals surface area (Å²) in [7, 11) is 0. The highest BCUT2D eigenvalue weighted by molar-refractivity contribution is 9.10. The molecule has 114 heavy (non-hydrogen) atoms. The van der Waals surface area contributed by atoms with Crippen LogP contribution in [0.3, 0.4) is 0 Å². The van der Waals surface area contributed by atoms with Crippen molar-refractivity contribution in [3.05, 3.63) is 410 Å². The van der Waals surface area contributed by atoms with E-state index < -0.39 is 0 Å². The van der Waals surface area contributed by atoms with Gasteiger partial charge in [-0.05, 0) is 188 Å². The summed E-state index contributed by atoms with van der Waals surface area (Å²) in [5, 5.41) is 3.67. The number of para-hydroxylation sites is 10. The number of nitrogens with two attached hydrogens (primary N) is 1. The lowest BCUT2D eigenvalue weighted by atomic mass is 9.92. The first-order chi connectivity index (χ1) is 55.9. The normalized spacial score (nSPS) is 11.6. The van der Waals surface area contributed by atoms with Crippen molar-refractivity contribution in [2.24, 2.45) is 5.73 Å². The van der Waals surface area contributed by atoms with Gasteiger partial charge in [0.2, 0.25) is 0 Å². The zero-order valence-corrected chi connectivity index (χ0v) is 63.0. The van der Waals surface area contributed by atoms with Gasteiger partial charge in [-0.25, -0.2) is 0 Å². The monoisotopic (exact) mass is 1540 g/mol. The van der Waals surface area contributed by atoms with E-state index in [1.165, 1.54) is 22.3 Å². The highest BCUT2D eigenvalue weighted by Gasteiger charge is 2.28. The van der Waals surface area contributed by atoms with E-state index in [1.807, 2.05) is 152 Å². The van der Waals surface area contributed by atoms with Crippen LogP contribution in [0.25, 0.3) is 111 Å². The minimum Gasteiger partial charge on any atom is -0.456 e. The second kappa shape index (κ2) is 31.6. The lowest BCUT2D eigenvalue weighted by Crippen LogP contribution is -2.16. The number of nitrogens with zero attached hydrogens (tertiary/aromatic N) is 1. The third kappa shape index (κ3) is 14.1. The number of hydrogen-bond acceptors (Lipinski definition) is 8. The van der Waals surface area contributed by atoms with Crippen molar-refractivity contribution in [2.45, 2.75) is 20.5 Å². The maximum absolute atomic E-state index is 6.48. The molecule has 0 atom stereocenters. The molecule has 0 saturated heterocycles. The number of nitrogens with one attached hydrogen (secondary N) is 1. The van der Waals surface area contributed by atoms with Crippen molar-refractivity contribution in [1.29, 1.82) is 0 Å². The fourth-order valence-electron chi connectivity index (χ4n) is 15.7. The largest absolute Gasteiger partial charge is 0.456 e. The minimum absolute atomic E-state index is 0. The standard InChI is InChI=1S/C43H29NO2.C36H23NO2.C18H11BrO.C7H9N.CH4/c1-2-12-29(13-3-1)28-44(30-22-24-32-34-14-4-8-18-40(34)45-42-20-10-6-16-36(42)38(32)26-30)31-23-25-33-35-15-5-9-19-41(35)46-43-21-11-7-17-37(43)39(33)27-31;1-5-13-33-27(9-1)25-19-17-23(21-31(25)29-11-3-7-15-35(29)38-33)37-24-18-20-26-28-10-2-6-14-34(28)39-36-16-8-4-12-30(36)32(26)22-24;19-12-9-10-13-14-5-1-3-7-17(14)20-18-8-4-2-6-15(18)16(13)11-12;8-6-7-4-2-1-3-5-7;/h1-27H,28H2;1-22,37H;1-11H;1-5H,6,8H2;1H4. The van der Waals surface area contributed by atoms with Crippen molar-refractivity contribution < 1.29 is 23.7 Å². The summed E-state index contributed by atoms with van der Waals surface area (Å²) in [6.07, 6.45) is 0. The van der Waals surface area contributed by atoms with E-state index in [-0.39, 0.29) is 7.43 Å². The van der Waals surface area contributed by atoms with E-state index >= 15 is 0 Å². The van der Waals surface area contributed by atoms with Gasteiger partial charge >= 0.3 is 0 Å². The van der Waals surface area contributed by atoms with Crippen molar-refractivity contribution in [3.8, 4) is 169 Å². The number of hydrogen-bond donors (Lipinski definition) is 2. The summed E-state index contributed by atoms with van der Waals surface area (Å²) in [6.45, 7) is 1.35. The van der Waals surface area contributed by atoms with Crippen LogP contribution in [0.4, 0.5) is 22.7 Å². The van der Waals surface area contributed by atoms with Crippen molar-refractivity contribution in [1.82, 2.24) is 0 Å². The predicted octanol–water partition coefficient (Wildman–Crippen LogP) is 29.9. The summed E-state index contributed by atoms with van der Waals surface area (Å²) in [6, 6.07) is 136. The van der Waals surface area contributed by atoms with Gasteiger partial charge in [-0.15, -0.1) is 0 Å². The topological polar surface area (TPSA) is 87.4 Å². The van der Waals surface area contributed by atoms with E-state index in [9.17, 15) is 0 Å². The molecule has 5 heterocycles. The Hall–Kier alpha value is -14.2. The predicted molar refractivity (Wildman–Crippen MR) is 471 cm³/mol. The van der Waals surface area contributed by atoms with E-state index in [4.69, 9.17) is 29.4 Å². The average Bonchev–Trinajstić information content (AvgIpc) is 1.57. The molecule has 0 spiro atoms. The van der Waals surface area contributed by atoms with Crippen molar-refractivity contribution >= 4 is 38.7 Å². The molecule has 0 bridgehead atoms. The smallest absolute Gasteiger partial charge is 0.135 e. The summed E-state index contributed by atoms with van der Waals surface area (Å²) in [5.74, 6) is 8.73. The molecule has 3 N–H and O–H groups in total. The van der Waals surface area contributed by atoms with Crippen molar-refractivity contribution in [2.75, 3.05) is 10.2 Å². The lowest BCUT2D eigenvalue weighted by molar-refractivity contribution is 0.487. The summed E-state index contributed by atoms with van der Waals surface area (Å²) < 4.78 is 32.8. The molecule has 17 aromatic carbocycles. The molecule has 5 aliphatic heterocycles. The highest BCUT2D eigenvalue weighted by atomic mass is 79.9. The number of benzene rings is 17. The Bertz CT molecular complexity index is 6180. The third-order valence-corrected chi connectivity index (χ3v) is 21.6. The van der Waals surface area contributed by atoms with Gasteiger partial charge in [0.25, 0.3) is 0 Å². The zero-order chi connectivity index (χ0) is 75.6. The van der Waals surface area contributed by atoms with Gasteiger partial charge in [0.1, 0.15) is 57.5 Å². The van der Waals surface area contributed by atoms with E-state index in [2.05, 4.69) is 269 Å². The molecule has 0 aromatic heterocycles. The molecular formula is C105H76BrN3O5. The van der Waals surface area contributed by atoms with Gasteiger partial charge in [0.05, 0.1) is 0 Å². The van der Waals surface area contributed by atoms with Crippen LogP contribution in [0.5, 0.6) is 57.5 Å². The molecule has 548 valence electrons. The van der Waals surface area contributed by atoms with Crippen LogP contribution in [0.15, 0.2) is 399 Å². The first kappa shape index (κ1) is 71.4. The van der Waals surface area contributed by atoms with E-state index in [0.717, 1.165) is 185 Å². The summed E-state index contributed by atoms with van der Waals surface area (Å²) in [5.41, 5.74) is 34.6. The molecule has 9 heteroatoms. The van der Waals surface area contributed by atoms with Crippen LogP contribution in [0, 0.1) is 0 Å². The van der Waals surface area contributed by atoms with Crippen LogP contribution >= 0.6 is 15.9 Å². The molecule has 0 amide bonds. The molecule has 0 saturated carbocycles.